The van der Waals surface area contributed by atoms with Crippen molar-refractivity contribution < 1.29 is 14.3 Å². The van der Waals surface area contributed by atoms with E-state index in [1.807, 2.05) is 18.2 Å². The second-order valence-corrected chi connectivity index (χ2v) is 5.46. The normalized spacial score (nSPS) is 12.3. The summed E-state index contributed by atoms with van der Waals surface area (Å²) in [7, 11) is 0. The van der Waals surface area contributed by atoms with Gasteiger partial charge in [-0.2, -0.15) is 0 Å². The number of ether oxygens (including phenoxy) is 2. The lowest BCUT2D eigenvalue weighted by Gasteiger charge is -2.08. The van der Waals surface area contributed by atoms with Gasteiger partial charge >= 0.3 is 0 Å². The predicted octanol–water partition coefficient (Wildman–Crippen LogP) is 3.29. The summed E-state index contributed by atoms with van der Waals surface area (Å²) >= 11 is 10.2. The molecule has 1 N–H and O–H groups in total. The molecule has 0 spiro atoms. The largest absolute Gasteiger partial charge is 0.454 e. The van der Waals surface area contributed by atoms with Crippen LogP contribution < -0.4 is 14.8 Å². The third-order valence-corrected chi connectivity index (χ3v) is 3.69. The number of hydrogen-bond acceptors (Lipinski definition) is 4. The van der Waals surface area contributed by atoms with Crippen molar-refractivity contribution in [3.63, 3.8) is 0 Å². The first-order valence-corrected chi connectivity index (χ1v) is 7.11. The first-order chi connectivity index (χ1) is 10.1. The molecule has 0 saturated heterocycles. The number of rotatable bonds is 3. The van der Waals surface area contributed by atoms with Crippen LogP contribution in [0.1, 0.15) is 15.9 Å². The summed E-state index contributed by atoms with van der Waals surface area (Å²) in [5.74, 6) is 1.17. The Balaban J connectivity index is 1.70. The maximum atomic E-state index is 12.1. The van der Waals surface area contributed by atoms with Gasteiger partial charge in [0.1, 0.15) is 0 Å². The summed E-state index contributed by atoms with van der Waals surface area (Å²) in [4.78, 5) is 12.8. The molecule has 1 aliphatic heterocycles. The monoisotopic (exact) mass is 321 g/mol. The Hall–Kier alpha value is -1.85. The van der Waals surface area contributed by atoms with Gasteiger partial charge in [-0.3, -0.25) is 4.79 Å². The summed E-state index contributed by atoms with van der Waals surface area (Å²) in [6.45, 7) is 0.609. The van der Waals surface area contributed by atoms with Gasteiger partial charge in [0.2, 0.25) is 6.79 Å². The van der Waals surface area contributed by atoms with Crippen LogP contribution in [-0.4, -0.2) is 12.7 Å². The molecule has 0 aromatic heterocycles. The van der Waals surface area contributed by atoms with E-state index >= 15 is 0 Å². The highest BCUT2D eigenvalue weighted by Crippen LogP contribution is 2.32. The second kappa shape index (κ2) is 5.87. The van der Waals surface area contributed by atoms with Crippen molar-refractivity contribution in [2.24, 2.45) is 0 Å². The summed E-state index contributed by atoms with van der Waals surface area (Å²) in [6, 6.07) is 10.6. The first-order valence-electron chi connectivity index (χ1n) is 6.29. The highest BCUT2D eigenvalue weighted by atomic mass is 35.5. The van der Waals surface area contributed by atoms with Crippen molar-refractivity contribution >= 4 is 30.1 Å². The molecule has 1 aliphatic rings. The zero-order valence-corrected chi connectivity index (χ0v) is 12.6. The summed E-state index contributed by atoms with van der Waals surface area (Å²) in [6.07, 6.45) is 0. The van der Waals surface area contributed by atoms with E-state index in [9.17, 15) is 4.79 Å². The lowest BCUT2D eigenvalue weighted by atomic mass is 10.1. The van der Waals surface area contributed by atoms with Crippen LogP contribution in [0, 0.1) is 0 Å². The highest BCUT2D eigenvalue weighted by molar-refractivity contribution is 7.80. The lowest BCUT2D eigenvalue weighted by molar-refractivity contribution is 0.0950. The van der Waals surface area contributed by atoms with Crippen molar-refractivity contribution in [2.75, 3.05) is 6.79 Å². The summed E-state index contributed by atoms with van der Waals surface area (Å²) < 4.78 is 10.5. The van der Waals surface area contributed by atoms with Gasteiger partial charge in [-0.15, -0.1) is 12.6 Å². The van der Waals surface area contributed by atoms with Gasteiger partial charge < -0.3 is 14.8 Å². The lowest BCUT2D eigenvalue weighted by Crippen LogP contribution is -2.23. The van der Waals surface area contributed by atoms with E-state index in [4.69, 9.17) is 21.1 Å². The Morgan fingerprint density at radius 3 is 2.86 bits per heavy atom. The quantitative estimate of drug-likeness (QED) is 0.853. The number of benzene rings is 2. The minimum atomic E-state index is -0.242. The fourth-order valence-electron chi connectivity index (χ4n) is 2.02. The number of amides is 1. The standard InChI is InChI=1S/C15H12ClNO3S/c16-12-3-2-10(21)6-11(12)15(18)17-7-9-1-4-13-14(5-9)20-8-19-13/h1-6,21H,7-8H2,(H,17,18). The van der Waals surface area contributed by atoms with Gasteiger partial charge in [0.25, 0.3) is 5.91 Å². The van der Waals surface area contributed by atoms with Gasteiger partial charge in [-0.05, 0) is 35.9 Å². The van der Waals surface area contributed by atoms with Gasteiger partial charge in [-0.1, -0.05) is 17.7 Å². The Labute approximate surface area is 132 Å². The van der Waals surface area contributed by atoms with E-state index in [-0.39, 0.29) is 12.7 Å². The van der Waals surface area contributed by atoms with Gasteiger partial charge in [0, 0.05) is 11.4 Å². The molecule has 108 valence electrons. The summed E-state index contributed by atoms with van der Waals surface area (Å²) in [5.41, 5.74) is 1.33. The smallest absolute Gasteiger partial charge is 0.253 e. The van der Waals surface area contributed by atoms with Gasteiger partial charge in [0.05, 0.1) is 10.6 Å². The molecule has 4 nitrogen and oxygen atoms in total. The van der Waals surface area contributed by atoms with Crippen LogP contribution in [-0.2, 0) is 6.54 Å². The van der Waals surface area contributed by atoms with Crippen LogP contribution in [0.25, 0.3) is 0 Å². The van der Waals surface area contributed by atoms with Gasteiger partial charge in [0.15, 0.2) is 11.5 Å². The molecule has 0 unspecified atom stereocenters. The first kappa shape index (κ1) is 14.1. The molecular weight excluding hydrogens is 310 g/mol. The molecule has 2 aromatic rings. The Kier molecular flexibility index (Phi) is 3.94. The molecule has 0 radical (unpaired) electrons. The maximum Gasteiger partial charge on any atom is 0.253 e. The highest BCUT2D eigenvalue weighted by Gasteiger charge is 2.14. The molecule has 0 bridgehead atoms. The van der Waals surface area contributed by atoms with Crippen LogP contribution in [0.3, 0.4) is 0 Å². The minimum Gasteiger partial charge on any atom is -0.454 e. The van der Waals surface area contributed by atoms with E-state index in [2.05, 4.69) is 17.9 Å². The van der Waals surface area contributed by atoms with Crippen LogP contribution in [0.4, 0.5) is 0 Å². The Bertz CT molecular complexity index is 705. The fraction of sp³-hybridized carbons (Fsp3) is 0.133. The van der Waals surface area contributed by atoms with Crippen LogP contribution in [0.15, 0.2) is 41.3 Å². The van der Waals surface area contributed by atoms with E-state index in [0.29, 0.717) is 27.8 Å². The number of nitrogens with one attached hydrogen (secondary N) is 1. The van der Waals surface area contributed by atoms with Crippen LogP contribution in [0.5, 0.6) is 11.5 Å². The number of carbonyl (C=O) groups is 1. The second-order valence-electron chi connectivity index (χ2n) is 4.53. The molecule has 3 rings (SSSR count). The zero-order valence-electron chi connectivity index (χ0n) is 10.9. The van der Waals surface area contributed by atoms with Crippen molar-refractivity contribution in [3.05, 3.63) is 52.5 Å². The minimum absolute atomic E-state index is 0.232. The molecule has 6 heteroatoms. The average molecular weight is 322 g/mol. The molecule has 1 amide bonds. The third-order valence-electron chi connectivity index (χ3n) is 3.08. The third kappa shape index (κ3) is 3.09. The maximum absolute atomic E-state index is 12.1. The van der Waals surface area contributed by atoms with Crippen molar-refractivity contribution in [1.82, 2.24) is 5.32 Å². The van der Waals surface area contributed by atoms with Crippen molar-refractivity contribution in [3.8, 4) is 11.5 Å². The molecule has 2 aromatic carbocycles. The average Bonchev–Trinajstić information content (AvgIpc) is 2.94. The zero-order chi connectivity index (χ0) is 14.8. The number of fused-ring (bicyclic) bond motifs is 1. The SMILES string of the molecule is O=C(NCc1ccc2c(c1)OCO2)c1cc(S)ccc1Cl. The van der Waals surface area contributed by atoms with E-state index in [1.165, 1.54) is 0 Å². The Morgan fingerprint density at radius 1 is 1.19 bits per heavy atom. The Morgan fingerprint density at radius 2 is 2.00 bits per heavy atom. The number of carbonyl (C=O) groups excluding carboxylic acids is 1. The molecule has 0 saturated carbocycles. The molecule has 21 heavy (non-hydrogen) atoms. The topological polar surface area (TPSA) is 47.6 Å². The molecule has 0 aliphatic carbocycles. The van der Waals surface area contributed by atoms with E-state index in [0.717, 1.165) is 11.3 Å². The van der Waals surface area contributed by atoms with Crippen molar-refractivity contribution in [1.29, 1.82) is 0 Å². The van der Waals surface area contributed by atoms with Crippen molar-refractivity contribution in [2.45, 2.75) is 11.4 Å². The molecule has 1 heterocycles. The number of halogens is 1. The predicted molar refractivity (Wildman–Crippen MR) is 82.4 cm³/mol. The molecule has 0 fully saturated rings. The van der Waals surface area contributed by atoms with Gasteiger partial charge in [-0.25, -0.2) is 0 Å². The fourth-order valence-corrected chi connectivity index (χ4v) is 2.42. The van der Waals surface area contributed by atoms with E-state index < -0.39 is 0 Å². The summed E-state index contributed by atoms with van der Waals surface area (Å²) in [5, 5.41) is 3.22. The van der Waals surface area contributed by atoms with E-state index in [1.54, 1.807) is 18.2 Å². The van der Waals surface area contributed by atoms with Crippen LogP contribution >= 0.6 is 24.2 Å². The number of thiol groups is 1. The number of hydrogen-bond donors (Lipinski definition) is 2. The molecule has 0 atom stereocenters. The molecular formula is C15H12ClNO3S. The van der Waals surface area contributed by atoms with Crippen LogP contribution in [0.2, 0.25) is 5.02 Å².